The van der Waals surface area contributed by atoms with Gasteiger partial charge in [-0.2, -0.15) is 0 Å². The van der Waals surface area contributed by atoms with Crippen LogP contribution in [0.4, 0.5) is 5.69 Å². The van der Waals surface area contributed by atoms with Crippen LogP contribution in [0.1, 0.15) is 10.4 Å². The average molecular weight is 294 g/mol. The van der Waals surface area contributed by atoms with Crippen molar-refractivity contribution in [2.45, 2.75) is 4.82 Å². The van der Waals surface area contributed by atoms with Crippen molar-refractivity contribution in [2.75, 3.05) is 5.32 Å². The number of anilines is 1. The number of para-hydroxylation sites is 1. The molecule has 0 aromatic heterocycles. The molecule has 0 spiro atoms. The van der Waals surface area contributed by atoms with Crippen LogP contribution in [-0.2, 0) is 20.8 Å². The predicted octanol–water partition coefficient (Wildman–Crippen LogP) is 2.84. The van der Waals surface area contributed by atoms with Gasteiger partial charge in [-0.25, -0.2) is 0 Å². The average Bonchev–Trinajstić information content (AvgIpc) is 2.47. The molecule has 0 fully saturated rings. The van der Waals surface area contributed by atoms with E-state index in [9.17, 15) is 9.59 Å². The van der Waals surface area contributed by atoms with Gasteiger partial charge in [-0.3, -0.25) is 0 Å². The number of rotatable bonds is 4. The number of hydrogen-bond donors (Lipinski definition) is 1. The molecule has 1 amide bonds. The number of Topliss-reactive ketones (excluding diaryl/α,β-unsaturated/α-hetero) is 1. The van der Waals surface area contributed by atoms with E-state index in [0.29, 0.717) is 11.3 Å². The Morgan fingerprint density at radius 1 is 0.895 bits per heavy atom. The van der Waals surface area contributed by atoms with Crippen LogP contribution in [0.3, 0.4) is 0 Å². The Morgan fingerprint density at radius 3 is 2.00 bits per heavy atom. The number of carbonyl (C=O) groups is 2. The Labute approximate surface area is 119 Å². The van der Waals surface area contributed by atoms with Gasteiger partial charge in [0.25, 0.3) is 0 Å². The van der Waals surface area contributed by atoms with Crippen LogP contribution < -0.4 is 5.32 Å². The summed E-state index contributed by atoms with van der Waals surface area (Å²) < 4.78 is 0. The van der Waals surface area contributed by atoms with E-state index in [4.69, 9.17) is 0 Å². The molecule has 0 radical (unpaired) electrons. The zero-order valence-corrected chi connectivity index (χ0v) is 11.1. The molecule has 0 heterocycles. The van der Waals surface area contributed by atoms with Crippen LogP contribution in [0, 0.1) is 0 Å². The van der Waals surface area contributed by atoms with Crippen molar-refractivity contribution in [1.29, 1.82) is 0 Å². The van der Waals surface area contributed by atoms with Crippen LogP contribution in [0.25, 0.3) is 0 Å². The number of amides is 1. The van der Waals surface area contributed by atoms with Crippen molar-refractivity contribution in [2.24, 2.45) is 0 Å². The zero-order valence-electron chi connectivity index (χ0n) is 10.0. The number of carbonyl (C=O) groups excluding carboxylic acids is 2. The van der Waals surface area contributed by atoms with E-state index in [-0.39, 0.29) is 5.78 Å². The first kappa shape index (κ1) is 13.5. The van der Waals surface area contributed by atoms with E-state index in [0.717, 1.165) is 0 Å². The van der Waals surface area contributed by atoms with E-state index < -0.39 is 10.7 Å². The molecule has 1 unspecified atom stereocenters. The Balaban J connectivity index is 2.06. The van der Waals surface area contributed by atoms with Gasteiger partial charge in [0.1, 0.15) is 0 Å². The van der Waals surface area contributed by atoms with Crippen molar-refractivity contribution in [3.63, 3.8) is 0 Å². The van der Waals surface area contributed by atoms with E-state index in [1.54, 1.807) is 36.4 Å². The van der Waals surface area contributed by atoms with Crippen molar-refractivity contribution >= 4 is 17.4 Å². The molecule has 1 atom stereocenters. The summed E-state index contributed by atoms with van der Waals surface area (Å²) in [6, 6.07) is 17.7. The molecule has 0 bridgehead atoms. The quantitative estimate of drug-likeness (QED) is 0.535. The van der Waals surface area contributed by atoms with Crippen LogP contribution in [0.5, 0.6) is 0 Å². The van der Waals surface area contributed by atoms with Gasteiger partial charge in [-0.05, 0) is 0 Å². The number of ketones is 1. The van der Waals surface area contributed by atoms with Crippen molar-refractivity contribution < 1.29 is 25.6 Å². The molecule has 2 rings (SSSR count). The molecule has 2 aromatic rings. The van der Waals surface area contributed by atoms with Gasteiger partial charge in [-0.1, -0.05) is 0 Å². The number of nitrogens with one attached hydrogen (secondary N) is 1. The Hall–Kier alpha value is -1.90. The summed E-state index contributed by atoms with van der Waals surface area (Å²) in [5.41, 5.74) is 1.15. The molecule has 4 heteroatoms. The fourth-order valence-electron chi connectivity index (χ4n) is 1.59. The normalized spacial score (nSPS) is 11.6. The maximum atomic E-state index is 12.1. The molecule has 0 saturated carbocycles. The maximum absolute atomic E-state index is 12.1. The predicted molar refractivity (Wildman–Crippen MR) is 69.6 cm³/mol. The van der Waals surface area contributed by atoms with E-state index >= 15 is 0 Å². The van der Waals surface area contributed by atoms with Gasteiger partial charge >= 0.3 is 119 Å². The SMILES string of the molecule is O=C(Nc1ccccc1)[CH]([Fe])C(=O)c1ccccc1. The van der Waals surface area contributed by atoms with Crippen LogP contribution in [-0.4, -0.2) is 11.7 Å². The van der Waals surface area contributed by atoms with E-state index in [1.165, 1.54) is 0 Å². The van der Waals surface area contributed by atoms with Gasteiger partial charge in [0, 0.05) is 0 Å². The fraction of sp³-hybridized carbons (Fsp3) is 0.0667. The van der Waals surface area contributed by atoms with Crippen molar-refractivity contribution in [1.82, 2.24) is 0 Å². The Kier molecular flexibility index (Phi) is 4.50. The molecule has 0 aliphatic rings. The molecular weight excluding hydrogens is 282 g/mol. The summed E-state index contributed by atoms with van der Waals surface area (Å²) in [5.74, 6) is -0.686. The zero-order chi connectivity index (χ0) is 13.7. The molecular formula is C15H12FeNO2. The Bertz CT molecular complexity index is 569. The number of hydrogen-bond acceptors (Lipinski definition) is 2. The second-order valence-corrected chi connectivity index (χ2v) is 4.57. The Morgan fingerprint density at radius 2 is 1.42 bits per heavy atom. The summed E-state index contributed by atoms with van der Waals surface area (Å²) in [4.78, 5) is 23.0. The standard InChI is InChI=1S/C15H12NO2.Fe/c17-14(12-7-3-1-4-8-12)11-15(18)16-13-9-5-2-6-10-13;/h1-11H,(H,16,18);. The minimum atomic E-state index is -0.956. The summed E-state index contributed by atoms with van der Waals surface area (Å²) in [6.45, 7) is 0. The first-order chi connectivity index (χ1) is 9.18. The van der Waals surface area contributed by atoms with Crippen molar-refractivity contribution in [3.05, 3.63) is 66.2 Å². The van der Waals surface area contributed by atoms with Crippen LogP contribution in [0.2, 0.25) is 4.82 Å². The van der Waals surface area contributed by atoms with Crippen molar-refractivity contribution in [3.8, 4) is 0 Å². The summed E-state index contributed by atoms with van der Waals surface area (Å²) >= 11 is 3.65. The van der Waals surface area contributed by atoms with E-state index in [1.807, 2.05) is 24.3 Å². The first-order valence-corrected chi connectivity index (χ1v) is 6.40. The topological polar surface area (TPSA) is 46.2 Å². The van der Waals surface area contributed by atoms with Gasteiger partial charge in [0.15, 0.2) is 0 Å². The third-order valence-corrected chi connectivity index (χ3v) is 3.13. The molecule has 0 aliphatic carbocycles. The minimum absolute atomic E-state index is 0.283. The molecule has 97 valence electrons. The summed E-state index contributed by atoms with van der Waals surface area (Å²) in [7, 11) is 0. The van der Waals surface area contributed by atoms with Crippen LogP contribution in [0.15, 0.2) is 60.7 Å². The fourth-order valence-corrected chi connectivity index (χ4v) is 1.85. The number of benzene rings is 2. The van der Waals surface area contributed by atoms with Gasteiger partial charge in [-0.15, -0.1) is 0 Å². The molecule has 0 aliphatic heterocycles. The third-order valence-electron chi connectivity index (χ3n) is 2.55. The van der Waals surface area contributed by atoms with Gasteiger partial charge < -0.3 is 0 Å². The van der Waals surface area contributed by atoms with E-state index in [2.05, 4.69) is 21.3 Å². The summed E-state index contributed by atoms with van der Waals surface area (Å²) in [6.07, 6.45) is 0. The van der Waals surface area contributed by atoms with Gasteiger partial charge in [0.2, 0.25) is 0 Å². The molecule has 1 N–H and O–H groups in total. The van der Waals surface area contributed by atoms with Crippen LogP contribution >= 0.6 is 0 Å². The third kappa shape index (κ3) is 3.53. The monoisotopic (exact) mass is 294 g/mol. The molecule has 3 nitrogen and oxygen atoms in total. The first-order valence-electron chi connectivity index (χ1n) is 5.76. The second kappa shape index (κ2) is 6.32. The molecule has 19 heavy (non-hydrogen) atoms. The molecule has 0 saturated heterocycles. The summed E-state index contributed by atoms with van der Waals surface area (Å²) in [5, 5.41) is 2.67. The molecule has 2 aromatic carbocycles. The second-order valence-electron chi connectivity index (χ2n) is 3.93. The van der Waals surface area contributed by atoms with Gasteiger partial charge in [0.05, 0.1) is 0 Å².